The second-order valence-corrected chi connectivity index (χ2v) is 16.0. The van der Waals surface area contributed by atoms with E-state index in [0.717, 1.165) is 96.9 Å². The molecule has 57 heavy (non-hydrogen) atoms. The van der Waals surface area contributed by atoms with Crippen LogP contribution in [0, 0.1) is 0 Å². The van der Waals surface area contributed by atoms with Gasteiger partial charge in [-0.3, -0.25) is 15.0 Å². The summed E-state index contributed by atoms with van der Waals surface area (Å²) in [6.45, 7) is 3.31. The molecule has 2 saturated heterocycles. The fraction of sp³-hybridized carbons (Fsp3) is 0.273. The fourth-order valence-electron chi connectivity index (χ4n) is 7.32. The predicted octanol–water partition coefficient (Wildman–Crippen LogP) is 10.9. The quantitative estimate of drug-likeness (QED) is 0.173. The zero-order chi connectivity index (χ0) is 40.1. The number of carbonyl (C=O) groups excluding carboxylic acids is 2. The van der Waals surface area contributed by atoms with E-state index < -0.39 is 0 Å². The van der Waals surface area contributed by atoms with Crippen LogP contribution >= 0.6 is 46.4 Å². The minimum atomic E-state index is -0.204. The summed E-state index contributed by atoms with van der Waals surface area (Å²) in [7, 11) is 3.76. The number of piperidine rings is 2. The van der Waals surface area contributed by atoms with Gasteiger partial charge in [0.15, 0.2) is 5.82 Å². The smallest absolute Gasteiger partial charge is 0.301 e. The van der Waals surface area contributed by atoms with E-state index in [1.165, 1.54) is 12.8 Å². The highest BCUT2D eigenvalue weighted by Gasteiger charge is 2.27. The van der Waals surface area contributed by atoms with Crippen molar-refractivity contribution in [2.75, 3.05) is 26.2 Å². The highest BCUT2D eigenvalue weighted by molar-refractivity contribution is 6.31. The molecular weight excluding hydrogens is 800 g/mol. The summed E-state index contributed by atoms with van der Waals surface area (Å²) in [5, 5.41) is 4.62. The molecule has 6 aromatic rings. The Bertz CT molecular complexity index is 2330. The molecule has 0 saturated carbocycles. The van der Waals surface area contributed by atoms with E-state index >= 15 is 0 Å². The third-order valence-corrected chi connectivity index (χ3v) is 11.3. The molecule has 2 aliphatic rings. The Morgan fingerprint density at radius 1 is 0.491 bits per heavy atom. The Hall–Kier alpha value is -4.64. The van der Waals surface area contributed by atoms with Crippen LogP contribution in [0.15, 0.2) is 97.1 Å². The van der Waals surface area contributed by atoms with Crippen LogP contribution in [0.3, 0.4) is 0 Å². The van der Waals surface area contributed by atoms with Crippen molar-refractivity contribution >= 4 is 58.2 Å². The molecule has 0 atom stereocenters. The Labute approximate surface area is 353 Å². The van der Waals surface area contributed by atoms with Gasteiger partial charge in [0.25, 0.3) is 5.91 Å². The van der Waals surface area contributed by atoms with Crippen LogP contribution in [0.5, 0.6) is 0 Å². The second kappa shape index (κ2) is 18.3. The zero-order valence-corrected chi connectivity index (χ0v) is 34.8. The number of hydrogen-bond acceptors (Lipinski definition) is 5. The molecule has 0 unspecified atom stereocenters. The summed E-state index contributed by atoms with van der Waals surface area (Å²) >= 11 is 24.3. The molecule has 2 fully saturated rings. The first-order valence-electron chi connectivity index (χ1n) is 19.1. The lowest BCUT2D eigenvalue weighted by Crippen LogP contribution is -2.45. The van der Waals surface area contributed by atoms with Crippen LogP contribution in [0.25, 0.3) is 45.0 Å². The molecule has 1 N–H and O–H groups in total. The van der Waals surface area contributed by atoms with Gasteiger partial charge < -0.3 is 14.0 Å². The van der Waals surface area contributed by atoms with E-state index in [2.05, 4.69) is 5.43 Å². The van der Waals surface area contributed by atoms with Gasteiger partial charge in [0.1, 0.15) is 0 Å². The van der Waals surface area contributed by atoms with Crippen LogP contribution < -0.4 is 5.43 Å². The van der Waals surface area contributed by atoms with Crippen molar-refractivity contribution in [3.63, 3.8) is 0 Å². The standard InChI is InChI=1S/C22H22Cl2N4O.C22H21Cl2N3O/c1-27-20(16-7-11-18(24)12-8-16)19(15-5-9-17(23)10-6-15)25-21(27)22(29)26-28-13-3-2-4-14-28;1-26-20(16-7-11-18(24)12-8-16)19(15-5-9-17(23)10-6-15)25-21(26)22(28)27-13-3-2-4-14-27/h5-12H,2-4,13-14H2,1H3,(H,26,29);5-12H,2-4,13-14H2,1H3. The number of halogens is 4. The molecule has 9 nitrogen and oxygen atoms in total. The maximum atomic E-state index is 13.2. The molecular formula is C44H43Cl4N7O2. The number of amides is 2. The van der Waals surface area contributed by atoms with Gasteiger partial charge in [0.05, 0.1) is 22.8 Å². The molecule has 0 aliphatic carbocycles. The van der Waals surface area contributed by atoms with Crippen molar-refractivity contribution in [1.29, 1.82) is 0 Å². The van der Waals surface area contributed by atoms with Gasteiger partial charge in [-0.25, -0.2) is 15.0 Å². The average molecular weight is 844 g/mol. The monoisotopic (exact) mass is 841 g/mol. The lowest BCUT2D eigenvalue weighted by Gasteiger charge is -2.26. The summed E-state index contributed by atoms with van der Waals surface area (Å²) < 4.78 is 3.73. The van der Waals surface area contributed by atoms with Gasteiger partial charge in [-0.05, 0) is 80.6 Å². The predicted molar refractivity (Wildman–Crippen MR) is 231 cm³/mol. The molecule has 2 amide bonds. The van der Waals surface area contributed by atoms with Crippen LogP contribution in [-0.2, 0) is 14.1 Å². The van der Waals surface area contributed by atoms with Gasteiger partial charge in [-0.15, -0.1) is 0 Å². The van der Waals surface area contributed by atoms with Crippen molar-refractivity contribution < 1.29 is 9.59 Å². The Balaban J connectivity index is 0.000000174. The van der Waals surface area contributed by atoms with Crippen LogP contribution in [0.4, 0.5) is 0 Å². The van der Waals surface area contributed by atoms with Gasteiger partial charge in [0, 0.05) is 82.6 Å². The van der Waals surface area contributed by atoms with Crippen molar-refractivity contribution in [2.45, 2.75) is 38.5 Å². The second-order valence-electron chi connectivity index (χ2n) is 14.3. The summed E-state index contributed by atoms with van der Waals surface area (Å²) in [4.78, 5) is 37.6. The first kappa shape index (κ1) is 40.6. The van der Waals surface area contributed by atoms with E-state index in [1.54, 1.807) is 0 Å². The van der Waals surface area contributed by atoms with Crippen molar-refractivity contribution in [3.05, 3.63) is 129 Å². The summed E-state index contributed by atoms with van der Waals surface area (Å²) in [5.41, 5.74) is 9.96. The first-order chi connectivity index (χ1) is 27.6. The zero-order valence-electron chi connectivity index (χ0n) is 31.8. The number of benzene rings is 4. The number of carbonyl (C=O) groups is 2. The minimum absolute atomic E-state index is 0.0161. The molecule has 4 heterocycles. The number of aromatic nitrogens is 4. The van der Waals surface area contributed by atoms with Gasteiger partial charge >= 0.3 is 5.91 Å². The molecule has 294 valence electrons. The van der Waals surface area contributed by atoms with Crippen LogP contribution in [0.1, 0.15) is 59.8 Å². The SMILES string of the molecule is Cn1c(C(=O)N2CCCCC2)nc(-c2ccc(Cl)cc2)c1-c1ccc(Cl)cc1.Cn1c(C(=O)NN2CCCCC2)nc(-c2ccc(Cl)cc2)c1-c1ccc(Cl)cc1. The summed E-state index contributed by atoms with van der Waals surface area (Å²) in [6, 6.07) is 30.2. The summed E-state index contributed by atoms with van der Waals surface area (Å²) in [5.74, 6) is 0.602. The van der Waals surface area contributed by atoms with Crippen LogP contribution in [0.2, 0.25) is 20.1 Å². The van der Waals surface area contributed by atoms with E-state index in [-0.39, 0.29) is 11.8 Å². The van der Waals surface area contributed by atoms with Crippen LogP contribution in [-0.4, -0.2) is 67.0 Å². The highest BCUT2D eigenvalue weighted by Crippen LogP contribution is 2.35. The fourth-order valence-corrected chi connectivity index (χ4v) is 7.83. The molecule has 2 aliphatic heterocycles. The topological polar surface area (TPSA) is 88.3 Å². The third kappa shape index (κ3) is 9.40. The third-order valence-electron chi connectivity index (χ3n) is 10.3. The summed E-state index contributed by atoms with van der Waals surface area (Å²) in [6.07, 6.45) is 6.65. The largest absolute Gasteiger partial charge is 0.336 e. The number of imidazole rings is 2. The maximum Gasteiger partial charge on any atom is 0.301 e. The van der Waals surface area contributed by atoms with E-state index in [4.69, 9.17) is 56.4 Å². The number of nitrogens with zero attached hydrogens (tertiary/aromatic N) is 6. The maximum absolute atomic E-state index is 13.2. The van der Waals surface area contributed by atoms with E-state index in [1.807, 2.05) is 130 Å². The lowest BCUT2D eigenvalue weighted by molar-refractivity contribution is 0.0706. The number of likely N-dealkylation sites (tertiary alicyclic amines) is 1. The molecule has 4 aromatic carbocycles. The van der Waals surface area contributed by atoms with Crippen molar-refractivity contribution in [2.24, 2.45) is 14.1 Å². The molecule has 13 heteroatoms. The molecule has 8 rings (SSSR count). The molecule has 0 spiro atoms. The van der Waals surface area contributed by atoms with Crippen molar-refractivity contribution in [3.8, 4) is 45.0 Å². The highest BCUT2D eigenvalue weighted by atomic mass is 35.5. The van der Waals surface area contributed by atoms with Gasteiger partial charge in [-0.2, -0.15) is 0 Å². The number of hydrazine groups is 1. The van der Waals surface area contributed by atoms with Crippen molar-refractivity contribution in [1.82, 2.24) is 34.4 Å². The Morgan fingerprint density at radius 2 is 0.842 bits per heavy atom. The average Bonchev–Trinajstić information content (AvgIpc) is 3.76. The Morgan fingerprint density at radius 3 is 1.26 bits per heavy atom. The molecule has 0 radical (unpaired) electrons. The number of hydrogen-bond donors (Lipinski definition) is 1. The number of nitrogens with one attached hydrogen (secondary N) is 1. The van der Waals surface area contributed by atoms with E-state index in [0.29, 0.717) is 31.7 Å². The molecule has 0 bridgehead atoms. The van der Waals surface area contributed by atoms with E-state index in [9.17, 15) is 9.59 Å². The first-order valence-corrected chi connectivity index (χ1v) is 20.6. The molecule has 2 aromatic heterocycles. The lowest BCUT2D eigenvalue weighted by atomic mass is 10.0. The normalized spacial score (nSPS) is 14.5. The Kier molecular flexibility index (Phi) is 13.0. The van der Waals surface area contributed by atoms with Gasteiger partial charge in [0.2, 0.25) is 5.82 Å². The van der Waals surface area contributed by atoms with Gasteiger partial charge in [-0.1, -0.05) is 101 Å². The number of rotatable bonds is 7. The minimum Gasteiger partial charge on any atom is -0.336 e.